The predicted octanol–water partition coefficient (Wildman–Crippen LogP) is 0.615. The van der Waals surface area contributed by atoms with Crippen LogP contribution in [0.5, 0.6) is 0 Å². The van der Waals surface area contributed by atoms with Crippen molar-refractivity contribution in [3.8, 4) is 0 Å². The summed E-state index contributed by atoms with van der Waals surface area (Å²) in [6.45, 7) is 2.11. The highest BCUT2D eigenvalue weighted by molar-refractivity contribution is 5.90. The molecule has 1 saturated carbocycles. The van der Waals surface area contributed by atoms with Gasteiger partial charge in [-0.1, -0.05) is 6.92 Å². The Labute approximate surface area is 76.4 Å². The second-order valence-electron chi connectivity index (χ2n) is 3.37. The number of nitrogens with zero attached hydrogens (tertiary/aromatic N) is 2. The molecule has 0 aliphatic heterocycles. The Kier molecular flexibility index (Phi) is 1.96. The van der Waals surface area contributed by atoms with Crippen molar-refractivity contribution in [1.82, 2.24) is 15.3 Å². The molecule has 1 heterocycles. The molecule has 2 atom stereocenters. The SMILES string of the molecule is CC1CC1NC(=O)c1ncccn1. The van der Waals surface area contributed by atoms with E-state index in [0.29, 0.717) is 12.0 Å². The van der Waals surface area contributed by atoms with Gasteiger partial charge in [0.1, 0.15) is 0 Å². The fourth-order valence-electron chi connectivity index (χ4n) is 1.17. The molecule has 0 spiro atoms. The maximum Gasteiger partial charge on any atom is 0.289 e. The van der Waals surface area contributed by atoms with Gasteiger partial charge in [0.15, 0.2) is 0 Å². The summed E-state index contributed by atoms with van der Waals surface area (Å²) in [5.74, 6) is 0.684. The Balaban J connectivity index is 1.98. The summed E-state index contributed by atoms with van der Waals surface area (Å²) in [4.78, 5) is 19.1. The summed E-state index contributed by atoms with van der Waals surface area (Å²) < 4.78 is 0. The van der Waals surface area contributed by atoms with Crippen LogP contribution in [0.4, 0.5) is 0 Å². The first-order valence-electron chi connectivity index (χ1n) is 4.35. The van der Waals surface area contributed by atoms with Crippen LogP contribution in [0.2, 0.25) is 0 Å². The minimum Gasteiger partial charge on any atom is -0.346 e. The fourth-order valence-corrected chi connectivity index (χ4v) is 1.17. The maximum absolute atomic E-state index is 11.4. The molecule has 0 aromatic carbocycles. The zero-order chi connectivity index (χ0) is 9.26. The van der Waals surface area contributed by atoms with Crippen molar-refractivity contribution in [1.29, 1.82) is 0 Å². The Morgan fingerprint density at radius 3 is 2.69 bits per heavy atom. The van der Waals surface area contributed by atoms with E-state index in [2.05, 4.69) is 22.2 Å². The second kappa shape index (κ2) is 3.12. The van der Waals surface area contributed by atoms with Gasteiger partial charge in [-0.3, -0.25) is 4.79 Å². The molecule has 1 N–H and O–H groups in total. The Bertz CT molecular complexity index is 312. The molecule has 1 aliphatic rings. The molecule has 0 radical (unpaired) electrons. The summed E-state index contributed by atoms with van der Waals surface area (Å²) >= 11 is 0. The molecule has 1 aromatic rings. The van der Waals surface area contributed by atoms with Gasteiger partial charge in [-0.25, -0.2) is 9.97 Å². The molecule has 0 bridgehead atoms. The Morgan fingerprint density at radius 1 is 1.54 bits per heavy atom. The van der Waals surface area contributed by atoms with E-state index in [0.717, 1.165) is 6.42 Å². The van der Waals surface area contributed by atoms with Gasteiger partial charge in [0.05, 0.1) is 0 Å². The van der Waals surface area contributed by atoms with Crippen LogP contribution < -0.4 is 5.32 Å². The highest BCUT2D eigenvalue weighted by Crippen LogP contribution is 2.28. The number of aromatic nitrogens is 2. The van der Waals surface area contributed by atoms with Crippen LogP contribution in [0, 0.1) is 5.92 Å². The third-order valence-electron chi connectivity index (χ3n) is 2.19. The predicted molar refractivity (Wildman–Crippen MR) is 47.1 cm³/mol. The third-order valence-corrected chi connectivity index (χ3v) is 2.19. The lowest BCUT2D eigenvalue weighted by Gasteiger charge is -2.00. The summed E-state index contributed by atoms with van der Waals surface area (Å²) in [5, 5.41) is 2.86. The monoisotopic (exact) mass is 177 g/mol. The number of rotatable bonds is 2. The van der Waals surface area contributed by atoms with E-state index in [9.17, 15) is 4.79 Å². The quantitative estimate of drug-likeness (QED) is 0.720. The van der Waals surface area contributed by atoms with Gasteiger partial charge in [0, 0.05) is 18.4 Å². The summed E-state index contributed by atoms with van der Waals surface area (Å²) in [6, 6.07) is 2.02. The zero-order valence-corrected chi connectivity index (χ0v) is 7.40. The van der Waals surface area contributed by atoms with Crippen molar-refractivity contribution >= 4 is 5.91 Å². The van der Waals surface area contributed by atoms with Crippen molar-refractivity contribution in [3.05, 3.63) is 24.3 Å². The lowest BCUT2D eigenvalue weighted by molar-refractivity contribution is 0.0939. The van der Waals surface area contributed by atoms with E-state index >= 15 is 0 Å². The van der Waals surface area contributed by atoms with Crippen molar-refractivity contribution in [3.63, 3.8) is 0 Å². The van der Waals surface area contributed by atoms with E-state index in [-0.39, 0.29) is 11.7 Å². The molecule has 1 amide bonds. The highest BCUT2D eigenvalue weighted by Gasteiger charge is 2.34. The van der Waals surface area contributed by atoms with Gasteiger partial charge in [0.25, 0.3) is 5.91 Å². The molecule has 1 aliphatic carbocycles. The molecular formula is C9H11N3O. The van der Waals surface area contributed by atoms with E-state index in [1.54, 1.807) is 18.5 Å². The molecule has 4 nitrogen and oxygen atoms in total. The van der Waals surface area contributed by atoms with Crippen LogP contribution in [0.25, 0.3) is 0 Å². The van der Waals surface area contributed by atoms with E-state index in [1.807, 2.05) is 0 Å². The standard InChI is InChI=1S/C9H11N3O/c1-6-5-7(6)12-9(13)8-10-3-2-4-11-8/h2-4,6-7H,5H2,1H3,(H,12,13). The summed E-state index contributed by atoms with van der Waals surface area (Å²) in [5.41, 5.74) is 0. The molecular weight excluding hydrogens is 166 g/mol. The molecule has 2 rings (SSSR count). The molecule has 1 aromatic heterocycles. The minimum atomic E-state index is -0.171. The van der Waals surface area contributed by atoms with Crippen molar-refractivity contribution in [2.45, 2.75) is 19.4 Å². The topological polar surface area (TPSA) is 54.9 Å². The normalized spacial score (nSPS) is 25.3. The molecule has 2 unspecified atom stereocenters. The lowest BCUT2D eigenvalue weighted by Crippen LogP contribution is -2.28. The van der Waals surface area contributed by atoms with Crippen LogP contribution in [-0.4, -0.2) is 21.9 Å². The minimum absolute atomic E-state index is 0.171. The number of carbonyl (C=O) groups is 1. The van der Waals surface area contributed by atoms with E-state index in [1.165, 1.54) is 0 Å². The fraction of sp³-hybridized carbons (Fsp3) is 0.444. The molecule has 68 valence electrons. The summed E-state index contributed by atoms with van der Waals surface area (Å²) in [7, 11) is 0. The molecule has 4 heteroatoms. The van der Waals surface area contributed by atoms with Crippen molar-refractivity contribution in [2.75, 3.05) is 0 Å². The van der Waals surface area contributed by atoms with Crippen molar-refractivity contribution in [2.24, 2.45) is 5.92 Å². The number of amides is 1. The van der Waals surface area contributed by atoms with Crippen LogP contribution in [0.1, 0.15) is 24.0 Å². The smallest absolute Gasteiger partial charge is 0.289 e. The van der Waals surface area contributed by atoms with Crippen LogP contribution in [0.15, 0.2) is 18.5 Å². The lowest BCUT2D eigenvalue weighted by atomic mass is 10.4. The average molecular weight is 177 g/mol. The van der Waals surface area contributed by atoms with Crippen LogP contribution in [0.3, 0.4) is 0 Å². The zero-order valence-electron chi connectivity index (χ0n) is 7.40. The molecule has 0 saturated heterocycles. The Hall–Kier alpha value is -1.45. The second-order valence-corrected chi connectivity index (χ2v) is 3.37. The first-order chi connectivity index (χ1) is 6.27. The molecule has 1 fully saturated rings. The number of hydrogen-bond donors (Lipinski definition) is 1. The first-order valence-corrected chi connectivity index (χ1v) is 4.35. The van der Waals surface area contributed by atoms with Gasteiger partial charge in [-0.2, -0.15) is 0 Å². The van der Waals surface area contributed by atoms with Gasteiger partial charge < -0.3 is 5.32 Å². The van der Waals surface area contributed by atoms with Gasteiger partial charge >= 0.3 is 0 Å². The van der Waals surface area contributed by atoms with Gasteiger partial charge in [0.2, 0.25) is 5.82 Å². The van der Waals surface area contributed by atoms with E-state index < -0.39 is 0 Å². The summed E-state index contributed by atoms with van der Waals surface area (Å²) in [6.07, 6.45) is 4.20. The number of carbonyl (C=O) groups excluding carboxylic acids is 1. The van der Waals surface area contributed by atoms with Gasteiger partial charge in [-0.15, -0.1) is 0 Å². The Morgan fingerprint density at radius 2 is 2.15 bits per heavy atom. The average Bonchev–Trinajstić information content (AvgIpc) is 2.83. The van der Waals surface area contributed by atoms with Gasteiger partial charge in [-0.05, 0) is 18.4 Å². The maximum atomic E-state index is 11.4. The van der Waals surface area contributed by atoms with Crippen molar-refractivity contribution < 1.29 is 4.79 Å². The highest BCUT2D eigenvalue weighted by atomic mass is 16.2. The number of hydrogen-bond acceptors (Lipinski definition) is 3. The first kappa shape index (κ1) is 8.16. The van der Waals surface area contributed by atoms with Crippen LogP contribution >= 0.6 is 0 Å². The largest absolute Gasteiger partial charge is 0.346 e. The van der Waals surface area contributed by atoms with E-state index in [4.69, 9.17) is 0 Å². The third kappa shape index (κ3) is 1.83. The van der Waals surface area contributed by atoms with Crippen LogP contribution in [-0.2, 0) is 0 Å². The molecule has 13 heavy (non-hydrogen) atoms. The number of nitrogens with one attached hydrogen (secondary N) is 1.